The van der Waals surface area contributed by atoms with E-state index in [1.807, 2.05) is 19.2 Å². The molecule has 106 valence electrons. The summed E-state index contributed by atoms with van der Waals surface area (Å²) in [7, 11) is 3.69. The number of ether oxygens (including phenoxy) is 1. The van der Waals surface area contributed by atoms with Crippen molar-refractivity contribution < 1.29 is 4.74 Å². The van der Waals surface area contributed by atoms with Gasteiger partial charge in [-0.2, -0.15) is 0 Å². The molecule has 0 atom stereocenters. The summed E-state index contributed by atoms with van der Waals surface area (Å²) in [5.41, 5.74) is 3.82. The van der Waals surface area contributed by atoms with Crippen molar-refractivity contribution in [3.05, 3.63) is 66.2 Å². The Labute approximate surface area is 125 Å². The second-order valence-electron chi connectivity index (χ2n) is 5.05. The Morgan fingerprint density at radius 3 is 2.29 bits per heavy atom. The van der Waals surface area contributed by atoms with Crippen LogP contribution in [0.5, 0.6) is 5.75 Å². The standard InChI is InChI=1S/C19H19NO/c1-20-13-14-7-3-4-8-15(14)17-11-12-19(21-2)18-10-6-5-9-16(17)18/h3-12,20H,13H2,1-2H3. The third-order valence-corrected chi connectivity index (χ3v) is 3.78. The number of hydrogen-bond acceptors (Lipinski definition) is 2. The molecule has 0 aliphatic rings. The Kier molecular flexibility index (Phi) is 3.89. The SMILES string of the molecule is CNCc1ccccc1-c1ccc(OC)c2ccccc12. The van der Waals surface area contributed by atoms with Crippen LogP contribution in [0, 0.1) is 0 Å². The van der Waals surface area contributed by atoms with Gasteiger partial charge in [-0.25, -0.2) is 0 Å². The Morgan fingerprint density at radius 2 is 1.52 bits per heavy atom. The molecule has 3 rings (SSSR count). The Bertz CT molecular complexity index is 764. The quantitative estimate of drug-likeness (QED) is 0.770. The van der Waals surface area contributed by atoms with E-state index in [1.54, 1.807) is 7.11 Å². The van der Waals surface area contributed by atoms with Crippen LogP contribution in [0.3, 0.4) is 0 Å². The summed E-state index contributed by atoms with van der Waals surface area (Å²) in [5.74, 6) is 0.917. The van der Waals surface area contributed by atoms with Gasteiger partial charge in [0, 0.05) is 11.9 Å². The maximum atomic E-state index is 5.48. The summed E-state index contributed by atoms with van der Waals surface area (Å²) in [4.78, 5) is 0. The fourth-order valence-corrected chi connectivity index (χ4v) is 2.81. The number of fused-ring (bicyclic) bond motifs is 1. The van der Waals surface area contributed by atoms with Crippen LogP contribution in [0.2, 0.25) is 0 Å². The molecule has 0 spiro atoms. The summed E-state index contributed by atoms with van der Waals surface area (Å²) in [5, 5.41) is 5.61. The molecule has 3 aromatic rings. The van der Waals surface area contributed by atoms with Crippen molar-refractivity contribution in [2.45, 2.75) is 6.54 Å². The van der Waals surface area contributed by atoms with E-state index in [-0.39, 0.29) is 0 Å². The van der Waals surface area contributed by atoms with Gasteiger partial charge in [0.15, 0.2) is 0 Å². The van der Waals surface area contributed by atoms with E-state index in [9.17, 15) is 0 Å². The predicted octanol–water partition coefficient (Wildman–Crippen LogP) is 4.23. The van der Waals surface area contributed by atoms with Crippen molar-refractivity contribution in [3.8, 4) is 16.9 Å². The third kappa shape index (κ3) is 2.50. The van der Waals surface area contributed by atoms with E-state index in [0.717, 1.165) is 17.7 Å². The molecule has 0 saturated heterocycles. The zero-order chi connectivity index (χ0) is 14.7. The predicted molar refractivity (Wildman–Crippen MR) is 88.7 cm³/mol. The molecule has 3 aromatic carbocycles. The molecule has 1 N–H and O–H groups in total. The minimum atomic E-state index is 0.858. The van der Waals surface area contributed by atoms with Gasteiger partial charge in [0.05, 0.1) is 7.11 Å². The lowest BCUT2D eigenvalue weighted by Crippen LogP contribution is -2.06. The average Bonchev–Trinajstić information content (AvgIpc) is 2.55. The van der Waals surface area contributed by atoms with Crippen molar-refractivity contribution in [2.75, 3.05) is 14.2 Å². The van der Waals surface area contributed by atoms with E-state index >= 15 is 0 Å². The summed E-state index contributed by atoms with van der Waals surface area (Å²) >= 11 is 0. The topological polar surface area (TPSA) is 21.3 Å². The number of rotatable bonds is 4. The minimum Gasteiger partial charge on any atom is -0.496 e. The Morgan fingerprint density at radius 1 is 0.810 bits per heavy atom. The smallest absolute Gasteiger partial charge is 0.126 e. The first-order valence-corrected chi connectivity index (χ1v) is 7.13. The highest BCUT2D eigenvalue weighted by atomic mass is 16.5. The molecule has 0 amide bonds. The average molecular weight is 277 g/mol. The number of benzene rings is 3. The molecule has 0 aliphatic heterocycles. The minimum absolute atomic E-state index is 0.858. The molecule has 0 aliphatic carbocycles. The van der Waals surface area contributed by atoms with Crippen molar-refractivity contribution in [1.29, 1.82) is 0 Å². The Hall–Kier alpha value is -2.32. The first-order valence-electron chi connectivity index (χ1n) is 7.13. The Balaban J connectivity index is 2.27. The summed E-state index contributed by atoms with van der Waals surface area (Å²) in [6, 6.07) is 21.1. The highest BCUT2D eigenvalue weighted by molar-refractivity contribution is 6.00. The third-order valence-electron chi connectivity index (χ3n) is 3.78. The summed E-state index contributed by atoms with van der Waals surface area (Å²) in [6.45, 7) is 0.858. The molecule has 0 aromatic heterocycles. The first kappa shape index (κ1) is 13.7. The van der Waals surface area contributed by atoms with Crippen molar-refractivity contribution in [2.24, 2.45) is 0 Å². The lowest BCUT2D eigenvalue weighted by molar-refractivity contribution is 0.420. The van der Waals surface area contributed by atoms with Gasteiger partial charge in [-0.3, -0.25) is 0 Å². The molecule has 0 bridgehead atoms. The van der Waals surface area contributed by atoms with Gasteiger partial charge in [-0.05, 0) is 35.2 Å². The van der Waals surface area contributed by atoms with Gasteiger partial charge in [0.2, 0.25) is 0 Å². The second kappa shape index (κ2) is 5.98. The van der Waals surface area contributed by atoms with Crippen LogP contribution >= 0.6 is 0 Å². The van der Waals surface area contributed by atoms with E-state index in [2.05, 4.69) is 53.8 Å². The number of hydrogen-bond donors (Lipinski definition) is 1. The molecule has 21 heavy (non-hydrogen) atoms. The monoisotopic (exact) mass is 277 g/mol. The molecule has 0 radical (unpaired) electrons. The van der Waals surface area contributed by atoms with Gasteiger partial charge >= 0.3 is 0 Å². The van der Waals surface area contributed by atoms with Gasteiger partial charge in [0.1, 0.15) is 5.75 Å². The van der Waals surface area contributed by atoms with Crippen molar-refractivity contribution in [1.82, 2.24) is 5.32 Å². The van der Waals surface area contributed by atoms with Crippen molar-refractivity contribution >= 4 is 10.8 Å². The first-order chi connectivity index (χ1) is 10.3. The van der Waals surface area contributed by atoms with Crippen LogP contribution in [0.4, 0.5) is 0 Å². The fourth-order valence-electron chi connectivity index (χ4n) is 2.81. The van der Waals surface area contributed by atoms with E-state index < -0.39 is 0 Å². The van der Waals surface area contributed by atoms with Crippen molar-refractivity contribution in [3.63, 3.8) is 0 Å². The molecule has 2 nitrogen and oxygen atoms in total. The molecule has 0 fully saturated rings. The zero-order valence-corrected chi connectivity index (χ0v) is 12.4. The van der Waals surface area contributed by atoms with E-state index in [4.69, 9.17) is 4.74 Å². The van der Waals surface area contributed by atoms with Gasteiger partial charge in [-0.1, -0.05) is 54.6 Å². The molecule has 2 heteroatoms. The van der Waals surface area contributed by atoms with Crippen LogP contribution in [0.15, 0.2) is 60.7 Å². The molecular weight excluding hydrogens is 258 g/mol. The van der Waals surface area contributed by atoms with Crippen LogP contribution in [0.1, 0.15) is 5.56 Å². The molecule has 0 unspecified atom stereocenters. The molecule has 0 saturated carbocycles. The zero-order valence-electron chi connectivity index (χ0n) is 12.4. The van der Waals surface area contributed by atoms with Crippen LogP contribution in [-0.4, -0.2) is 14.2 Å². The summed E-state index contributed by atoms with van der Waals surface area (Å²) < 4.78 is 5.48. The second-order valence-corrected chi connectivity index (χ2v) is 5.05. The van der Waals surface area contributed by atoms with Gasteiger partial charge in [-0.15, -0.1) is 0 Å². The van der Waals surface area contributed by atoms with E-state index in [1.165, 1.54) is 22.1 Å². The molecule has 0 heterocycles. The normalized spacial score (nSPS) is 10.8. The molecular formula is C19H19NO. The maximum absolute atomic E-state index is 5.48. The maximum Gasteiger partial charge on any atom is 0.126 e. The lowest BCUT2D eigenvalue weighted by atomic mass is 9.94. The lowest BCUT2D eigenvalue weighted by Gasteiger charge is -2.14. The highest BCUT2D eigenvalue weighted by Gasteiger charge is 2.10. The van der Waals surface area contributed by atoms with Crippen LogP contribution < -0.4 is 10.1 Å². The van der Waals surface area contributed by atoms with Gasteiger partial charge < -0.3 is 10.1 Å². The van der Waals surface area contributed by atoms with E-state index in [0.29, 0.717) is 0 Å². The van der Waals surface area contributed by atoms with Crippen LogP contribution in [0.25, 0.3) is 21.9 Å². The fraction of sp³-hybridized carbons (Fsp3) is 0.158. The number of nitrogens with one attached hydrogen (secondary N) is 1. The van der Waals surface area contributed by atoms with Crippen LogP contribution in [-0.2, 0) is 6.54 Å². The van der Waals surface area contributed by atoms with Gasteiger partial charge in [0.25, 0.3) is 0 Å². The summed E-state index contributed by atoms with van der Waals surface area (Å²) in [6.07, 6.45) is 0. The number of methoxy groups -OCH3 is 1. The highest BCUT2D eigenvalue weighted by Crippen LogP contribution is 2.35. The largest absolute Gasteiger partial charge is 0.496 e.